The number of rotatable bonds is 5. The first-order chi connectivity index (χ1) is 7.08. The van der Waals surface area contributed by atoms with E-state index in [9.17, 15) is 8.42 Å². The molecular formula is C7H12N4O2S2. The first-order valence-electron chi connectivity index (χ1n) is 4.66. The molecular weight excluding hydrogens is 236 g/mol. The Bertz CT molecular complexity index is 438. The Morgan fingerprint density at radius 2 is 2.20 bits per heavy atom. The molecule has 15 heavy (non-hydrogen) atoms. The fraction of sp³-hybridized carbons (Fsp3) is 0.714. The van der Waals surface area contributed by atoms with Gasteiger partial charge in [-0.25, -0.2) is 13.1 Å². The SMILES string of the molecule is Nc1nnc(S(=O)(=O)NCCC2CC2)s1. The highest BCUT2D eigenvalue weighted by Crippen LogP contribution is 2.31. The van der Waals surface area contributed by atoms with E-state index in [0.717, 1.165) is 17.8 Å². The first-order valence-corrected chi connectivity index (χ1v) is 6.96. The quantitative estimate of drug-likeness (QED) is 0.775. The average Bonchev–Trinajstić information content (AvgIpc) is 2.86. The van der Waals surface area contributed by atoms with Gasteiger partial charge in [-0.3, -0.25) is 0 Å². The molecule has 0 aromatic carbocycles. The predicted octanol–water partition coefficient (Wildman–Crippen LogP) is 0.199. The van der Waals surface area contributed by atoms with Crippen LogP contribution in [-0.2, 0) is 10.0 Å². The Hall–Kier alpha value is -0.730. The molecule has 84 valence electrons. The lowest BCUT2D eigenvalue weighted by molar-refractivity contribution is 0.573. The van der Waals surface area contributed by atoms with Crippen molar-refractivity contribution in [2.24, 2.45) is 5.92 Å². The molecule has 0 amide bonds. The molecule has 8 heteroatoms. The second kappa shape index (κ2) is 4.03. The lowest BCUT2D eigenvalue weighted by atomic mass is 10.3. The van der Waals surface area contributed by atoms with Gasteiger partial charge in [-0.05, 0) is 12.3 Å². The summed E-state index contributed by atoms with van der Waals surface area (Å²) < 4.78 is 25.6. The van der Waals surface area contributed by atoms with E-state index in [1.165, 1.54) is 12.8 Å². The predicted molar refractivity (Wildman–Crippen MR) is 56.9 cm³/mol. The van der Waals surface area contributed by atoms with Crippen LogP contribution in [-0.4, -0.2) is 25.2 Å². The average molecular weight is 248 g/mol. The molecule has 3 N–H and O–H groups in total. The normalized spacial score (nSPS) is 16.8. The van der Waals surface area contributed by atoms with Gasteiger partial charge in [0, 0.05) is 6.54 Å². The van der Waals surface area contributed by atoms with Crippen molar-refractivity contribution in [3.05, 3.63) is 0 Å². The van der Waals surface area contributed by atoms with Gasteiger partial charge < -0.3 is 5.73 Å². The van der Waals surface area contributed by atoms with E-state index < -0.39 is 10.0 Å². The van der Waals surface area contributed by atoms with Gasteiger partial charge in [-0.1, -0.05) is 24.2 Å². The molecule has 0 bridgehead atoms. The zero-order valence-corrected chi connectivity index (χ0v) is 9.64. The molecule has 1 saturated carbocycles. The van der Waals surface area contributed by atoms with E-state index in [0.29, 0.717) is 12.5 Å². The van der Waals surface area contributed by atoms with E-state index in [-0.39, 0.29) is 9.47 Å². The first kappa shape index (κ1) is 10.8. The third kappa shape index (κ3) is 2.86. The highest BCUT2D eigenvalue weighted by Gasteiger charge is 2.23. The molecule has 1 aliphatic carbocycles. The number of hydrogen-bond acceptors (Lipinski definition) is 6. The molecule has 0 radical (unpaired) electrons. The van der Waals surface area contributed by atoms with Crippen LogP contribution in [0, 0.1) is 5.92 Å². The molecule has 0 spiro atoms. The fourth-order valence-electron chi connectivity index (χ4n) is 1.19. The number of nitrogens with two attached hydrogens (primary N) is 1. The Balaban J connectivity index is 1.93. The van der Waals surface area contributed by atoms with E-state index in [1.54, 1.807) is 0 Å². The van der Waals surface area contributed by atoms with Crippen LogP contribution in [0.2, 0.25) is 0 Å². The van der Waals surface area contributed by atoms with Crippen LogP contribution in [0.25, 0.3) is 0 Å². The van der Waals surface area contributed by atoms with Gasteiger partial charge in [-0.15, -0.1) is 10.2 Å². The Morgan fingerprint density at radius 1 is 1.47 bits per heavy atom. The lowest BCUT2D eigenvalue weighted by Crippen LogP contribution is -2.25. The second-order valence-electron chi connectivity index (χ2n) is 3.54. The fourth-order valence-corrected chi connectivity index (χ4v) is 3.07. The molecule has 0 unspecified atom stereocenters. The summed E-state index contributed by atoms with van der Waals surface area (Å²) in [6, 6.07) is 0. The number of nitrogen functional groups attached to an aromatic ring is 1. The van der Waals surface area contributed by atoms with Crippen LogP contribution in [0.4, 0.5) is 5.13 Å². The van der Waals surface area contributed by atoms with Gasteiger partial charge in [0.25, 0.3) is 10.0 Å². The molecule has 1 heterocycles. The topological polar surface area (TPSA) is 98.0 Å². The molecule has 0 aliphatic heterocycles. The summed E-state index contributed by atoms with van der Waals surface area (Å²) in [6.45, 7) is 0.465. The minimum absolute atomic E-state index is 0.0594. The summed E-state index contributed by atoms with van der Waals surface area (Å²) >= 11 is 0.874. The summed E-state index contributed by atoms with van der Waals surface area (Å²) in [5, 5.41) is 7.12. The molecule has 0 atom stereocenters. The lowest BCUT2D eigenvalue weighted by Gasteiger charge is -2.01. The van der Waals surface area contributed by atoms with Crippen LogP contribution in [0.5, 0.6) is 0 Å². The zero-order valence-electron chi connectivity index (χ0n) is 8.01. The van der Waals surface area contributed by atoms with E-state index in [2.05, 4.69) is 14.9 Å². The maximum Gasteiger partial charge on any atom is 0.269 e. The minimum atomic E-state index is -3.49. The number of nitrogens with zero attached hydrogens (tertiary/aromatic N) is 2. The van der Waals surface area contributed by atoms with Gasteiger partial charge in [0.1, 0.15) is 0 Å². The van der Waals surface area contributed by atoms with Crippen LogP contribution in [0.15, 0.2) is 4.34 Å². The molecule has 2 rings (SSSR count). The largest absolute Gasteiger partial charge is 0.374 e. The molecule has 1 aliphatic rings. The molecule has 0 saturated heterocycles. The van der Waals surface area contributed by atoms with Crippen LogP contribution >= 0.6 is 11.3 Å². The summed E-state index contributed by atoms with van der Waals surface area (Å²) in [6.07, 6.45) is 3.33. The summed E-state index contributed by atoms with van der Waals surface area (Å²) in [5.74, 6) is 0.701. The molecule has 1 aromatic rings. The van der Waals surface area contributed by atoms with Crippen LogP contribution in [0.3, 0.4) is 0 Å². The van der Waals surface area contributed by atoms with E-state index >= 15 is 0 Å². The molecule has 1 fully saturated rings. The van der Waals surface area contributed by atoms with Gasteiger partial charge in [0.2, 0.25) is 9.47 Å². The summed E-state index contributed by atoms with van der Waals surface area (Å²) in [5.41, 5.74) is 5.31. The van der Waals surface area contributed by atoms with Gasteiger partial charge in [0.15, 0.2) is 0 Å². The number of nitrogens with one attached hydrogen (secondary N) is 1. The highest BCUT2D eigenvalue weighted by molar-refractivity contribution is 7.91. The van der Waals surface area contributed by atoms with Crippen molar-refractivity contribution < 1.29 is 8.42 Å². The summed E-state index contributed by atoms with van der Waals surface area (Å²) in [7, 11) is -3.49. The number of anilines is 1. The Labute approximate surface area is 91.9 Å². The second-order valence-corrected chi connectivity index (χ2v) is 6.49. The van der Waals surface area contributed by atoms with Gasteiger partial charge >= 0.3 is 0 Å². The van der Waals surface area contributed by atoms with E-state index in [1.807, 2.05) is 0 Å². The minimum Gasteiger partial charge on any atom is -0.374 e. The van der Waals surface area contributed by atoms with Crippen molar-refractivity contribution in [3.63, 3.8) is 0 Å². The van der Waals surface area contributed by atoms with Crippen molar-refractivity contribution in [1.29, 1.82) is 0 Å². The standard InChI is InChI=1S/C7H12N4O2S2/c8-6-10-11-7(14-6)15(12,13)9-4-3-5-1-2-5/h5,9H,1-4H2,(H2,8,10). The summed E-state index contributed by atoms with van der Waals surface area (Å²) in [4.78, 5) is 0. The maximum absolute atomic E-state index is 11.6. The smallest absolute Gasteiger partial charge is 0.269 e. The number of sulfonamides is 1. The molecule has 6 nitrogen and oxygen atoms in total. The van der Waals surface area contributed by atoms with Crippen molar-refractivity contribution in [3.8, 4) is 0 Å². The monoisotopic (exact) mass is 248 g/mol. The number of aromatic nitrogens is 2. The maximum atomic E-state index is 11.6. The van der Waals surface area contributed by atoms with Crippen molar-refractivity contribution >= 4 is 26.5 Å². The van der Waals surface area contributed by atoms with Crippen LogP contribution < -0.4 is 10.5 Å². The Morgan fingerprint density at radius 3 is 2.73 bits per heavy atom. The third-order valence-corrected chi connectivity index (χ3v) is 4.77. The van der Waals surface area contributed by atoms with Crippen molar-refractivity contribution in [2.45, 2.75) is 23.6 Å². The third-order valence-electron chi connectivity index (χ3n) is 2.19. The zero-order chi connectivity index (χ0) is 10.9. The number of hydrogen-bond donors (Lipinski definition) is 2. The molecule has 1 aromatic heterocycles. The van der Waals surface area contributed by atoms with Gasteiger partial charge in [0.05, 0.1) is 0 Å². The van der Waals surface area contributed by atoms with Gasteiger partial charge in [-0.2, -0.15) is 0 Å². The van der Waals surface area contributed by atoms with Crippen molar-refractivity contribution in [2.75, 3.05) is 12.3 Å². The van der Waals surface area contributed by atoms with Crippen molar-refractivity contribution in [1.82, 2.24) is 14.9 Å². The highest BCUT2D eigenvalue weighted by atomic mass is 32.2. The Kier molecular flexibility index (Phi) is 2.89. The van der Waals surface area contributed by atoms with Crippen LogP contribution in [0.1, 0.15) is 19.3 Å². The van der Waals surface area contributed by atoms with E-state index in [4.69, 9.17) is 5.73 Å².